The van der Waals surface area contributed by atoms with E-state index >= 15 is 0 Å². The van der Waals surface area contributed by atoms with E-state index in [0.29, 0.717) is 10.1 Å². The van der Waals surface area contributed by atoms with E-state index in [2.05, 4.69) is 20.2 Å². The van der Waals surface area contributed by atoms with Crippen LogP contribution in [0.15, 0.2) is 89.8 Å². The summed E-state index contributed by atoms with van der Waals surface area (Å²) in [6, 6.07) is 24.6. The lowest BCUT2D eigenvalue weighted by atomic mass is 10.2. The lowest BCUT2D eigenvalue weighted by Gasteiger charge is -2.08. The number of nitrogens with one attached hydrogen (secondary N) is 2. The molecule has 31 heavy (non-hydrogen) atoms. The zero-order valence-electron chi connectivity index (χ0n) is 16.2. The van der Waals surface area contributed by atoms with E-state index in [9.17, 15) is 13.2 Å². The molecule has 0 saturated carbocycles. The van der Waals surface area contributed by atoms with Gasteiger partial charge < -0.3 is 0 Å². The lowest BCUT2D eigenvalue weighted by molar-refractivity contribution is 0.102. The number of nitrogens with zero attached hydrogens (tertiary/aromatic N) is 2. The molecule has 2 N–H and O–H groups in total. The highest BCUT2D eigenvalue weighted by Gasteiger charge is 2.17. The fourth-order valence-corrected chi connectivity index (χ4v) is 4.61. The Morgan fingerprint density at radius 3 is 2.32 bits per heavy atom. The summed E-state index contributed by atoms with van der Waals surface area (Å²) >= 11 is 1.24. The normalized spacial score (nSPS) is 11.2. The Labute approximate surface area is 183 Å². The first kappa shape index (κ1) is 20.9. The highest BCUT2D eigenvalue weighted by molar-refractivity contribution is 7.89. The number of hydrogen-bond donors (Lipinski definition) is 2. The summed E-state index contributed by atoms with van der Waals surface area (Å²) in [6.07, 6.45) is 0. The Morgan fingerprint density at radius 1 is 0.871 bits per heavy atom. The highest BCUT2D eigenvalue weighted by Crippen LogP contribution is 2.26. The predicted molar refractivity (Wildman–Crippen MR) is 120 cm³/mol. The van der Waals surface area contributed by atoms with Gasteiger partial charge in [0.15, 0.2) is 0 Å². The molecule has 0 bridgehead atoms. The number of anilines is 1. The van der Waals surface area contributed by atoms with E-state index in [-0.39, 0.29) is 17.0 Å². The van der Waals surface area contributed by atoms with E-state index in [0.717, 1.165) is 11.1 Å². The molecular formula is C22H18N4O3S2. The van der Waals surface area contributed by atoms with Crippen LogP contribution in [0.25, 0.3) is 10.6 Å². The molecule has 0 aliphatic rings. The second-order valence-corrected chi connectivity index (χ2v) is 9.31. The number of amides is 1. The first-order valence-electron chi connectivity index (χ1n) is 9.35. The van der Waals surface area contributed by atoms with Gasteiger partial charge in [-0.3, -0.25) is 10.1 Å². The van der Waals surface area contributed by atoms with Crippen molar-refractivity contribution in [2.45, 2.75) is 11.4 Å². The van der Waals surface area contributed by atoms with Crippen molar-refractivity contribution in [3.05, 3.63) is 96.1 Å². The molecular weight excluding hydrogens is 432 g/mol. The monoisotopic (exact) mass is 450 g/mol. The summed E-state index contributed by atoms with van der Waals surface area (Å²) in [6.45, 7) is 0.159. The quantitative estimate of drug-likeness (QED) is 0.444. The molecule has 156 valence electrons. The molecule has 0 saturated heterocycles. The van der Waals surface area contributed by atoms with Crippen LogP contribution in [0.2, 0.25) is 0 Å². The largest absolute Gasteiger partial charge is 0.296 e. The summed E-state index contributed by atoms with van der Waals surface area (Å²) in [5.74, 6) is -0.462. The molecule has 0 fully saturated rings. The highest BCUT2D eigenvalue weighted by atomic mass is 32.2. The van der Waals surface area contributed by atoms with Gasteiger partial charge >= 0.3 is 0 Å². The van der Waals surface area contributed by atoms with E-state index in [1.807, 2.05) is 60.7 Å². The first-order chi connectivity index (χ1) is 15.0. The van der Waals surface area contributed by atoms with Gasteiger partial charge in [-0.25, -0.2) is 13.1 Å². The third-order valence-corrected chi connectivity index (χ3v) is 6.67. The van der Waals surface area contributed by atoms with Gasteiger partial charge in [0.25, 0.3) is 5.91 Å². The molecule has 1 heterocycles. The Bertz CT molecular complexity index is 1290. The molecule has 9 heteroatoms. The molecule has 0 aliphatic carbocycles. The zero-order valence-corrected chi connectivity index (χ0v) is 17.9. The summed E-state index contributed by atoms with van der Waals surface area (Å²) < 4.78 is 27.8. The molecule has 0 radical (unpaired) electrons. The number of hydrogen-bond acceptors (Lipinski definition) is 6. The number of aromatic nitrogens is 2. The van der Waals surface area contributed by atoms with Crippen LogP contribution in [0.1, 0.15) is 15.9 Å². The molecule has 4 rings (SSSR count). The number of benzene rings is 3. The number of sulfonamides is 1. The Morgan fingerprint density at radius 2 is 1.58 bits per heavy atom. The minimum absolute atomic E-state index is 0.0123. The fraction of sp³-hybridized carbons (Fsp3) is 0.0455. The van der Waals surface area contributed by atoms with Gasteiger partial charge in [-0.2, -0.15) is 0 Å². The van der Waals surface area contributed by atoms with Gasteiger partial charge in [-0.05, 0) is 23.8 Å². The molecule has 4 aromatic rings. The molecule has 0 atom stereocenters. The van der Waals surface area contributed by atoms with Gasteiger partial charge in [0.2, 0.25) is 15.2 Å². The summed E-state index contributed by atoms with van der Waals surface area (Å²) in [5.41, 5.74) is 1.95. The Balaban J connectivity index is 1.46. The van der Waals surface area contributed by atoms with Crippen LogP contribution in [0.3, 0.4) is 0 Å². The molecule has 0 spiro atoms. The standard InChI is InChI=1S/C22H18N4O3S2/c27-20(24-22-26-25-21(30-22)17-10-5-2-6-11-17)18-12-7-13-19(14-18)31(28,29)23-15-16-8-3-1-4-9-16/h1-14,23H,15H2,(H,24,26,27). The maximum atomic E-state index is 12.6. The topological polar surface area (TPSA) is 101 Å². The smallest absolute Gasteiger partial charge is 0.257 e. The van der Waals surface area contributed by atoms with Crippen molar-refractivity contribution < 1.29 is 13.2 Å². The van der Waals surface area contributed by atoms with Crippen LogP contribution in [-0.4, -0.2) is 24.5 Å². The van der Waals surface area contributed by atoms with Gasteiger partial charge in [0.05, 0.1) is 4.90 Å². The number of carbonyl (C=O) groups excluding carboxylic acids is 1. The van der Waals surface area contributed by atoms with Crippen molar-refractivity contribution in [3.8, 4) is 10.6 Å². The number of carbonyl (C=O) groups is 1. The Kier molecular flexibility index (Phi) is 6.17. The SMILES string of the molecule is O=C(Nc1nnc(-c2ccccc2)s1)c1cccc(S(=O)(=O)NCc2ccccc2)c1. The van der Waals surface area contributed by atoms with Crippen molar-refractivity contribution in [2.75, 3.05) is 5.32 Å². The number of rotatable bonds is 7. The average Bonchev–Trinajstić information content (AvgIpc) is 3.28. The van der Waals surface area contributed by atoms with Crippen LogP contribution < -0.4 is 10.0 Å². The van der Waals surface area contributed by atoms with Crippen LogP contribution in [0, 0.1) is 0 Å². The van der Waals surface area contributed by atoms with Gasteiger partial charge in [-0.15, -0.1) is 10.2 Å². The van der Waals surface area contributed by atoms with Crippen molar-refractivity contribution in [1.82, 2.24) is 14.9 Å². The molecule has 1 aromatic heterocycles. The second kappa shape index (κ2) is 9.17. The maximum Gasteiger partial charge on any atom is 0.257 e. The minimum atomic E-state index is -3.77. The van der Waals surface area contributed by atoms with Crippen LogP contribution >= 0.6 is 11.3 Å². The van der Waals surface area contributed by atoms with Crippen LogP contribution in [0.4, 0.5) is 5.13 Å². The van der Waals surface area contributed by atoms with E-state index < -0.39 is 15.9 Å². The maximum absolute atomic E-state index is 12.6. The zero-order chi connectivity index (χ0) is 21.7. The molecule has 3 aromatic carbocycles. The second-order valence-electron chi connectivity index (χ2n) is 6.57. The third-order valence-electron chi connectivity index (χ3n) is 4.38. The van der Waals surface area contributed by atoms with E-state index in [1.54, 1.807) is 6.07 Å². The van der Waals surface area contributed by atoms with Gasteiger partial charge in [0.1, 0.15) is 5.01 Å². The van der Waals surface area contributed by atoms with Gasteiger partial charge in [-0.1, -0.05) is 78.1 Å². The molecule has 0 aliphatic heterocycles. The van der Waals surface area contributed by atoms with Crippen molar-refractivity contribution in [1.29, 1.82) is 0 Å². The fourth-order valence-electron chi connectivity index (χ4n) is 2.80. The van der Waals surface area contributed by atoms with E-state index in [4.69, 9.17) is 0 Å². The van der Waals surface area contributed by atoms with Crippen LogP contribution in [-0.2, 0) is 16.6 Å². The lowest BCUT2D eigenvalue weighted by Crippen LogP contribution is -2.23. The Hall–Kier alpha value is -3.40. The van der Waals surface area contributed by atoms with Crippen LogP contribution in [0.5, 0.6) is 0 Å². The molecule has 0 unspecified atom stereocenters. The summed E-state index contributed by atoms with van der Waals surface area (Å²) in [4.78, 5) is 12.6. The average molecular weight is 451 g/mol. The first-order valence-corrected chi connectivity index (χ1v) is 11.7. The third kappa shape index (κ3) is 5.21. The van der Waals surface area contributed by atoms with Crippen molar-refractivity contribution >= 4 is 32.4 Å². The summed E-state index contributed by atoms with van der Waals surface area (Å²) in [5, 5.41) is 11.8. The summed E-state index contributed by atoms with van der Waals surface area (Å²) in [7, 11) is -3.77. The van der Waals surface area contributed by atoms with Gasteiger partial charge in [0, 0.05) is 17.7 Å². The molecule has 7 nitrogen and oxygen atoms in total. The van der Waals surface area contributed by atoms with E-state index in [1.165, 1.54) is 29.5 Å². The van der Waals surface area contributed by atoms with Crippen molar-refractivity contribution in [2.24, 2.45) is 0 Å². The molecule has 1 amide bonds. The minimum Gasteiger partial charge on any atom is -0.296 e. The predicted octanol–water partition coefficient (Wildman–Crippen LogP) is 3.94. The van der Waals surface area contributed by atoms with Crippen molar-refractivity contribution in [3.63, 3.8) is 0 Å².